The van der Waals surface area contributed by atoms with Gasteiger partial charge in [0.15, 0.2) is 0 Å². The maximum absolute atomic E-state index is 12.3. The van der Waals surface area contributed by atoms with Crippen LogP contribution < -0.4 is 0 Å². The molecule has 3 nitrogen and oxygen atoms in total. The lowest BCUT2D eigenvalue weighted by molar-refractivity contribution is -0.428. The zero-order chi connectivity index (χ0) is 13.6. The van der Waals surface area contributed by atoms with Gasteiger partial charge in [-0.3, -0.25) is 4.79 Å². The maximum Gasteiger partial charge on any atom is 0.247 e. The van der Waals surface area contributed by atoms with Crippen LogP contribution in [-0.2, 0) is 4.79 Å². The Morgan fingerprint density at radius 2 is 2.00 bits per heavy atom. The molecule has 1 saturated heterocycles. The minimum absolute atomic E-state index is 0.138. The number of nitroso groups, excluding NO2 is 1. The number of hydrogen-bond acceptors (Lipinski definition) is 3. The van der Waals surface area contributed by atoms with Crippen molar-refractivity contribution in [3.05, 3.63) is 40.3 Å². The Bertz CT molecular complexity index is 539. The standard InChI is InChI=1S/C15H18NO2S/c1-9-5-3-4-6-12(9)14-13(11-7-8-11)15(10(2)17)19-16(14)18/h3-6,11,13-15H,7-8H2,1-2H3/q+1. The number of aryl methyl sites for hydroxylation is 1. The molecule has 2 fully saturated rings. The number of carbonyl (C=O) groups is 1. The number of benzene rings is 1. The maximum atomic E-state index is 12.3. The molecule has 1 aliphatic heterocycles. The first kappa shape index (κ1) is 12.9. The lowest BCUT2D eigenvalue weighted by atomic mass is 9.84. The molecule has 0 N–H and O–H groups in total. The molecule has 0 radical (unpaired) electrons. The number of rotatable bonds is 3. The van der Waals surface area contributed by atoms with Gasteiger partial charge >= 0.3 is 0 Å². The zero-order valence-electron chi connectivity index (χ0n) is 11.2. The molecule has 1 aromatic rings. The van der Waals surface area contributed by atoms with Crippen LogP contribution in [0.3, 0.4) is 0 Å². The van der Waals surface area contributed by atoms with E-state index in [0.29, 0.717) is 5.92 Å². The summed E-state index contributed by atoms with van der Waals surface area (Å²) in [7, 11) is 0. The average molecular weight is 276 g/mol. The van der Waals surface area contributed by atoms with Crippen LogP contribution in [0.4, 0.5) is 0 Å². The molecule has 19 heavy (non-hydrogen) atoms. The van der Waals surface area contributed by atoms with Crippen molar-refractivity contribution in [1.29, 1.82) is 0 Å². The van der Waals surface area contributed by atoms with Crippen molar-refractivity contribution < 1.29 is 8.96 Å². The first-order valence-corrected chi connectivity index (χ1v) is 7.62. The van der Waals surface area contributed by atoms with Gasteiger partial charge in [-0.1, -0.05) is 24.3 Å². The molecule has 1 saturated carbocycles. The fourth-order valence-electron chi connectivity index (χ4n) is 3.12. The highest BCUT2D eigenvalue weighted by atomic mass is 32.2. The summed E-state index contributed by atoms with van der Waals surface area (Å²) in [5, 5.41) is -0.158. The quantitative estimate of drug-likeness (QED) is 0.626. The minimum Gasteiger partial charge on any atom is -0.299 e. The molecule has 1 aromatic carbocycles. The smallest absolute Gasteiger partial charge is 0.247 e. The lowest BCUT2D eigenvalue weighted by Gasteiger charge is -2.16. The second-order valence-corrected chi connectivity index (χ2v) is 6.72. The SMILES string of the molecule is CC(=O)C1S[N+](=O)C(c2ccccc2C)C1C1CC1. The molecule has 3 rings (SSSR count). The zero-order valence-corrected chi connectivity index (χ0v) is 12.0. The molecule has 2 aliphatic rings. The molecule has 0 aromatic heterocycles. The Morgan fingerprint density at radius 3 is 2.58 bits per heavy atom. The monoisotopic (exact) mass is 276 g/mol. The minimum atomic E-state index is -0.160. The Kier molecular flexibility index (Phi) is 3.21. The van der Waals surface area contributed by atoms with Crippen molar-refractivity contribution in [3.8, 4) is 0 Å². The third kappa shape index (κ3) is 2.22. The van der Waals surface area contributed by atoms with Crippen LogP contribution in [0.15, 0.2) is 24.3 Å². The van der Waals surface area contributed by atoms with Crippen molar-refractivity contribution >= 4 is 17.7 Å². The van der Waals surface area contributed by atoms with Gasteiger partial charge in [-0.25, -0.2) is 0 Å². The molecule has 0 bridgehead atoms. The molecule has 3 unspecified atom stereocenters. The van der Waals surface area contributed by atoms with Crippen molar-refractivity contribution in [1.82, 2.24) is 0 Å². The van der Waals surface area contributed by atoms with Gasteiger partial charge in [0.25, 0.3) is 0 Å². The van der Waals surface area contributed by atoms with E-state index in [9.17, 15) is 9.70 Å². The number of carbonyl (C=O) groups excluding carboxylic acids is 1. The Morgan fingerprint density at radius 1 is 1.32 bits per heavy atom. The Hall–Kier alpha value is -1.16. The van der Waals surface area contributed by atoms with Crippen molar-refractivity contribution in [2.45, 2.75) is 38.0 Å². The summed E-state index contributed by atoms with van der Waals surface area (Å²) in [4.78, 5) is 24.1. The van der Waals surface area contributed by atoms with Gasteiger partial charge in [-0.05, 0) is 38.2 Å². The summed E-state index contributed by atoms with van der Waals surface area (Å²) >= 11 is 1.19. The summed E-state index contributed by atoms with van der Waals surface area (Å²) in [6, 6.07) is 7.88. The van der Waals surface area contributed by atoms with E-state index < -0.39 is 0 Å². The Balaban J connectivity index is 2.01. The lowest BCUT2D eigenvalue weighted by Crippen LogP contribution is -2.26. The summed E-state index contributed by atoms with van der Waals surface area (Å²) in [6.07, 6.45) is 2.32. The summed E-state index contributed by atoms with van der Waals surface area (Å²) in [5.41, 5.74) is 2.23. The first-order valence-electron chi connectivity index (χ1n) is 6.78. The van der Waals surface area contributed by atoms with Crippen LogP contribution in [0.25, 0.3) is 0 Å². The topological polar surface area (TPSA) is 37.1 Å². The van der Waals surface area contributed by atoms with Gasteiger partial charge in [0.05, 0.1) is 10.1 Å². The highest BCUT2D eigenvalue weighted by Crippen LogP contribution is 2.55. The van der Waals surface area contributed by atoms with Gasteiger partial charge in [-0.15, -0.1) is 0 Å². The molecule has 3 atom stereocenters. The molecule has 100 valence electrons. The second kappa shape index (κ2) is 4.75. The van der Waals surface area contributed by atoms with E-state index in [1.807, 2.05) is 31.2 Å². The van der Waals surface area contributed by atoms with Gasteiger partial charge in [-0.2, -0.15) is 0 Å². The van der Waals surface area contributed by atoms with Crippen molar-refractivity contribution in [2.75, 3.05) is 0 Å². The number of ketones is 1. The van der Waals surface area contributed by atoms with Crippen LogP contribution in [0, 0.1) is 23.7 Å². The number of Topliss-reactive ketones (excluding diaryl/α,β-unsaturated/α-hetero) is 1. The molecular weight excluding hydrogens is 258 g/mol. The molecule has 1 heterocycles. The normalized spacial score (nSPS) is 30.6. The van der Waals surface area contributed by atoms with Gasteiger partial charge < -0.3 is 0 Å². The largest absolute Gasteiger partial charge is 0.299 e. The summed E-state index contributed by atoms with van der Waals surface area (Å²) in [5.74, 6) is 0.866. The van der Waals surface area contributed by atoms with E-state index in [1.54, 1.807) is 6.92 Å². The van der Waals surface area contributed by atoms with Crippen LogP contribution >= 0.6 is 11.9 Å². The molecule has 0 amide bonds. The van der Waals surface area contributed by atoms with Crippen LogP contribution in [0.5, 0.6) is 0 Å². The van der Waals surface area contributed by atoms with Crippen LogP contribution in [0.1, 0.15) is 36.9 Å². The predicted molar refractivity (Wildman–Crippen MR) is 75.8 cm³/mol. The van der Waals surface area contributed by atoms with Crippen molar-refractivity contribution in [3.63, 3.8) is 0 Å². The highest BCUT2D eigenvalue weighted by molar-refractivity contribution is 7.94. The fraction of sp³-hybridized carbons (Fsp3) is 0.533. The fourth-order valence-corrected chi connectivity index (χ4v) is 4.39. The second-order valence-electron chi connectivity index (χ2n) is 5.64. The summed E-state index contributed by atoms with van der Waals surface area (Å²) in [6.45, 7) is 3.65. The first-order chi connectivity index (χ1) is 9.09. The van der Waals surface area contributed by atoms with Gasteiger partial charge in [0, 0.05) is 10.5 Å². The van der Waals surface area contributed by atoms with Crippen molar-refractivity contribution in [2.24, 2.45) is 11.8 Å². The highest BCUT2D eigenvalue weighted by Gasteiger charge is 2.59. The van der Waals surface area contributed by atoms with Gasteiger partial charge in [0.2, 0.25) is 18.0 Å². The average Bonchev–Trinajstić information content (AvgIpc) is 3.14. The van der Waals surface area contributed by atoms with E-state index in [0.717, 1.165) is 28.1 Å². The third-order valence-corrected chi connectivity index (χ3v) is 5.54. The van der Waals surface area contributed by atoms with E-state index in [-0.39, 0.29) is 23.0 Å². The Labute approximate surface area is 117 Å². The number of hydrogen-bond donors (Lipinski definition) is 0. The molecule has 1 aliphatic carbocycles. The van der Waals surface area contributed by atoms with Crippen LogP contribution in [0.2, 0.25) is 0 Å². The van der Waals surface area contributed by atoms with E-state index >= 15 is 0 Å². The van der Waals surface area contributed by atoms with E-state index in [1.165, 1.54) is 11.9 Å². The summed E-state index contributed by atoms with van der Waals surface area (Å²) < 4.78 is 1.07. The molecule has 0 spiro atoms. The molecular formula is C15H18NO2S+. The molecule has 4 heteroatoms. The van der Waals surface area contributed by atoms with E-state index in [4.69, 9.17) is 0 Å². The third-order valence-electron chi connectivity index (χ3n) is 4.23. The van der Waals surface area contributed by atoms with Gasteiger partial charge in [0.1, 0.15) is 11.0 Å². The van der Waals surface area contributed by atoms with E-state index in [2.05, 4.69) is 0 Å². The predicted octanol–water partition coefficient (Wildman–Crippen LogP) is 3.46. The number of nitrogens with zero attached hydrogens (tertiary/aromatic N) is 1. The van der Waals surface area contributed by atoms with Crippen LogP contribution in [-0.4, -0.2) is 15.2 Å².